The van der Waals surface area contributed by atoms with Gasteiger partial charge in [0, 0.05) is 0 Å². The van der Waals surface area contributed by atoms with Gasteiger partial charge in [0.1, 0.15) is 0 Å². The fraction of sp³-hybridized carbons (Fsp3) is 1.00. The highest BCUT2D eigenvalue weighted by atomic mass is 35.5. The lowest BCUT2D eigenvalue weighted by Gasteiger charge is -2.26. The summed E-state index contributed by atoms with van der Waals surface area (Å²) in [5, 5.41) is 0. The van der Waals surface area contributed by atoms with Crippen molar-refractivity contribution in [3.8, 4) is 0 Å². The third-order valence-electron chi connectivity index (χ3n) is 2.88. The normalized spacial score (nSPS) is 26.8. The van der Waals surface area contributed by atoms with Crippen molar-refractivity contribution in [3.05, 3.63) is 0 Å². The highest BCUT2D eigenvalue weighted by molar-refractivity contribution is 7.03. The number of halogens is 1. The van der Waals surface area contributed by atoms with Crippen molar-refractivity contribution in [2.24, 2.45) is 0 Å². The van der Waals surface area contributed by atoms with Crippen molar-refractivity contribution in [3.63, 3.8) is 0 Å². The summed E-state index contributed by atoms with van der Waals surface area (Å²) in [7, 11) is 0. The summed E-state index contributed by atoms with van der Waals surface area (Å²) >= 11 is 6.35. The lowest BCUT2D eigenvalue weighted by atomic mass is 10.0. The molecule has 0 saturated carbocycles. The van der Waals surface area contributed by atoms with Gasteiger partial charge in [-0.25, -0.2) is 0 Å². The zero-order valence-corrected chi connectivity index (χ0v) is 8.26. The second kappa shape index (κ2) is 3.99. The van der Waals surface area contributed by atoms with Crippen LogP contribution in [0, 0.1) is 0 Å². The standard InChI is InChI=1S/C8H16BClN2/c10-9(11-5-1-2-6-11)12-7-3-4-8-12/h1-8H2. The first-order valence-electron chi connectivity index (χ1n) is 5.00. The summed E-state index contributed by atoms with van der Waals surface area (Å²) in [6.07, 6.45) is 5.51. The van der Waals surface area contributed by atoms with E-state index < -0.39 is 0 Å². The minimum atomic E-state index is 0.190. The van der Waals surface area contributed by atoms with Crippen LogP contribution in [-0.4, -0.2) is 42.2 Å². The third-order valence-corrected chi connectivity index (χ3v) is 3.44. The lowest BCUT2D eigenvalue weighted by molar-refractivity contribution is 0.442. The molecule has 2 aliphatic rings. The monoisotopic (exact) mass is 186 g/mol. The van der Waals surface area contributed by atoms with E-state index in [1.807, 2.05) is 0 Å². The molecule has 0 unspecified atom stereocenters. The molecule has 0 N–H and O–H groups in total. The average molecular weight is 186 g/mol. The molecule has 0 aromatic carbocycles. The molecule has 0 radical (unpaired) electrons. The van der Waals surface area contributed by atoms with Crippen molar-refractivity contribution in [2.45, 2.75) is 25.7 Å². The van der Waals surface area contributed by atoms with Gasteiger partial charge in [-0.3, -0.25) is 0 Å². The van der Waals surface area contributed by atoms with Crippen LogP contribution in [0.3, 0.4) is 0 Å². The van der Waals surface area contributed by atoms with E-state index in [1.165, 1.54) is 51.9 Å². The SMILES string of the molecule is ClB(N1CCCC1)N1CCCC1. The van der Waals surface area contributed by atoms with Gasteiger partial charge in [-0.05, 0) is 51.9 Å². The second-order valence-electron chi connectivity index (χ2n) is 3.80. The van der Waals surface area contributed by atoms with Crippen LogP contribution >= 0.6 is 11.5 Å². The Morgan fingerprint density at radius 3 is 1.42 bits per heavy atom. The molecule has 0 aliphatic carbocycles. The van der Waals surface area contributed by atoms with Gasteiger partial charge < -0.3 is 9.62 Å². The summed E-state index contributed by atoms with van der Waals surface area (Å²) in [5.41, 5.74) is 0. The fourth-order valence-corrected chi connectivity index (χ4v) is 2.53. The minimum absolute atomic E-state index is 0.190. The van der Waals surface area contributed by atoms with E-state index in [9.17, 15) is 0 Å². The Kier molecular flexibility index (Phi) is 2.94. The van der Waals surface area contributed by atoms with Gasteiger partial charge in [0.05, 0.1) is 0 Å². The van der Waals surface area contributed by atoms with Gasteiger partial charge in [0.15, 0.2) is 0 Å². The van der Waals surface area contributed by atoms with Gasteiger partial charge >= 0.3 is 6.40 Å². The molecule has 68 valence electrons. The first-order valence-corrected chi connectivity index (χ1v) is 5.44. The summed E-state index contributed by atoms with van der Waals surface area (Å²) in [4.78, 5) is 4.79. The van der Waals surface area contributed by atoms with Gasteiger partial charge in [-0.15, -0.1) is 11.5 Å². The van der Waals surface area contributed by atoms with Crippen LogP contribution in [0.5, 0.6) is 0 Å². The van der Waals surface area contributed by atoms with E-state index in [0.29, 0.717) is 0 Å². The molecule has 2 saturated heterocycles. The molecule has 0 bridgehead atoms. The van der Waals surface area contributed by atoms with Gasteiger partial charge in [-0.2, -0.15) is 0 Å². The Hall–Kier alpha value is 0.275. The molecule has 0 aromatic heterocycles. The molecule has 12 heavy (non-hydrogen) atoms. The molecule has 0 amide bonds. The molecule has 2 fully saturated rings. The number of rotatable bonds is 2. The highest BCUT2D eigenvalue weighted by Crippen LogP contribution is 2.18. The van der Waals surface area contributed by atoms with Crippen LogP contribution in [0.4, 0.5) is 0 Å². The molecular weight excluding hydrogens is 170 g/mol. The summed E-state index contributed by atoms with van der Waals surface area (Å²) in [6, 6.07) is 0. The van der Waals surface area contributed by atoms with Crippen molar-refractivity contribution in [1.82, 2.24) is 9.62 Å². The third kappa shape index (κ3) is 1.78. The Morgan fingerprint density at radius 2 is 1.08 bits per heavy atom. The van der Waals surface area contributed by atoms with Crippen LogP contribution in [0.15, 0.2) is 0 Å². The zero-order valence-electron chi connectivity index (χ0n) is 7.51. The van der Waals surface area contributed by atoms with E-state index >= 15 is 0 Å². The maximum absolute atomic E-state index is 6.35. The smallest absolute Gasteiger partial charge is 0.314 e. The maximum atomic E-state index is 6.35. The molecule has 0 spiro atoms. The van der Waals surface area contributed by atoms with E-state index in [-0.39, 0.29) is 6.40 Å². The zero-order chi connectivity index (χ0) is 8.39. The quantitative estimate of drug-likeness (QED) is 0.602. The van der Waals surface area contributed by atoms with E-state index in [0.717, 1.165) is 0 Å². The molecule has 4 heteroatoms. The fourth-order valence-electron chi connectivity index (χ4n) is 2.14. The van der Waals surface area contributed by atoms with E-state index in [1.54, 1.807) is 0 Å². The first-order chi connectivity index (χ1) is 5.88. The van der Waals surface area contributed by atoms with Crippen LogP contribution in [0.2, 0.25) is 0 Å². The molecule has 2 rings (SSSR count). The van der Waals surface area contributed by atoms with E-state index in [4.69, 9.17) is 11.5 Å². The number of hydrogen-bond acceptors (Lipinski definition) is 2. The number of hydrogen-bond donors (Lipinski definition) is 0. The molecule has 0 aromatic rings. The largest absolute Gasteiger partial charge is 0.419 e. The molecule has 2 heterocycles. The lowest BCUT2D eigenvalue weighted by Crippen LogP contribution is -2.46. The summed E-state index contributed by atoms with van der Waals surface area (Å²) in [5.74, 6) is 0. The summed E-state index contributed by atoms with van der Waals surface area (Å²) < 4.78 is 0. The van der Waals surface area contributed by atoms with Crippen LogP contribution in [0.1, 0.15) is 25.7 Å². The highest BCUT2D eigenvalue weighted by Gasteiger charge is 2.31. The molecule has 2 aliphatic heterocycles. The van der Waals surface area contributed by atoms with Crippen LogP contribution in [-0.2, 0) is 0 Å². The van der Waals surface area contributed by atoms with Crippen molar-refractivity contribution >= 4 is 17.9 Å². The van der Waals surface area contributed by atoms with Crippen LogP contribution in [0.25, 0.3) is 0 Å². The minimum Gasteiger partial charge on any atom is -0.314 e. The Morgan fingerprint density at radius 1 is 0.750 bits per heavy atom. The predicted molar refractivity (Wildman–Crippen MR) is 53.2 cm³/mol. The topological polar surface area (TPSA) is 6.48 Å². The van der Waals surface area contributed by atoms with Crippen molar-refractivity contribution in [2.75, 3.05) is 26.2 Å². The van der Waals surface area contributed by atoms with Gasteiger partial charge in [-0.1, -0.05) is 0 Å². The molecule has 2 nitrogen and oxygen atoms in total. The number of nitrogens with zero attached hydrogens (tertiary/aromatic N) is 2. The second-order valence-corrected chi connectivity index (χ2v) is 4.19. The Labute approximate surface area is 79.9 Å². The van der Waals surface area contributed by atoms with Crippen molar-refractivity contribution in [1.29, 1.82) is 0 Å². The first kappa shape index (κ1) is 8.85. The van der Waals surface area contributed by atoms with Gasteiger partial charge in [0.2, 0.25) is 0 Å². The maximum Gasteiger partial charge on any atom is 0.419 e. The Bertz CT molecular complexity index is 128. The predicted octanol–water partition coefficient (Wildman–Crippen LogP) is 1.40. The van der Waals surface area contributed by atoms with Crippen molar-refractivity contribution < 1.29 is 0 Å². The molecule has 0 atom stereocenters. The average Bonchev–Trinajstić information content (AvgIpc) is 2.77. The molecular formula is C8H16BClN2. The van der Waals surface area contributed by atoms with E-state index in [2.05, 4.69) is 9.62 Å². The van der Waals surface area contributed by atoms with Crippen LogP contribution < -0.4 is 0 Å². The summed E-state index contributed by atoms with van der Waals surface area (Å²) in [6.45, 7) is 4.80. The Balaban J connectivity index is 1.84. The van der Waals surface area contributed by atoms with Gasteiger partial charge in [0.25, 0.3) is 0 Å².